The lowest BCUT2D eigenvalue weighted by molar-refractivity contribution is -0.109. The van der Waals surface area contributed by atoms with Gasteiger partial charge in [-0.2, -0.15) is 0 Å². The molecule has 0 amide bonds. The topological polar surface area (TPSA) is 149 Å². The van der Waals surface area contributed by atoms with Crippen molar-refractivity contribution in [1.82, 2.24) is 24.2 Å². The van der Waals surface area contributed by atoms with Gasteiger partial charge in [0.1, 0.15) is 18.0 Å². The van der Waals surface area contributed by atoms with Crippen LogP contribution in [-0.2, 0) is 29.6 Å². The van der Waals surface area contributed by atoms with Crippen LogP contribution in [0.1, 0.15) is 25.9 Å². The Morgan fingerprint density at radius 1 is 1.51 bits per heavy atom. The maximum atomic E-state index is 15.9. The lowest BCUT2D eigenvalue weighted by Gasteiger charge is -2.25. The zero-order chi connectivity index (χ0) is 26.0. The number of ether oxygens (including phenoxy) is 1. The highest BCUT2D eigenvalue weighted by molar-refractivity contribution is 8.13. The van der Waals surface area contributed by atoms with Crippen molar-refractivity contribution < 1.29 is 32.6 Å². The Hall–Kier alpha value is -2.11. The fraction of sp³-hybridized carbons (Fsp3) is 0.600. The summed E-state index contributed by atoms with van der Waals surface area (Å²) in [4.78, 5) is 34.2. The molecule has 1 fully saturated rings. The molecule has 192 valence electrons. The van der Waals surface area contributed by atoms with E-state index in [4.69, 9.17) is 20.2 Å². The van der Waals surface area contributed by atoms with Crippen molar-refractivity contribution in [3.05, 3.63) is 22.5 Å². The van der Waals surface area contributed by atoms with Crippen LogP contribution < -0.4 is 5.56 Å². The van der Waals surface area contributed by atoms with E-state index in [1.54, 1.807) is 6.92 Å². The predicted molar refractivity (Wildman–Crippen MR) is 126 cm³/mol. The van der Waals surface area contributed by atoms with Gasteiger partial charge in [0, 0.05) is 19.1 Å². The molecule has 1 aliphatic heterocycles. The van der Waals surface area contributed by atoms with Gasteiger partial charge in [-0.25, -0.2) is 23.6 Å². The molecule has 1 aliphatic rings. The average molecular weight is 532 g/mol. The summed E-state index contributed by atoms with van der Waals surface area (Å²) < 4.78 is 47.8. The first kappa shape index (κ1) is 27.5. The Morgan fingerprint density at radius 2 is 2.23 bits per heavy atom. The van der Waals surface area contributed by atoms with E-state index in [1.807, 2.05) is 5.92 Å². The van der Waals surface area contributed by atoms with E-state index in [2.05, 4.69) is 15.0 Å². The lowest BCUT2D eigenvalue weighted by atomic mass is 9.97. The molecule has 15 heteroatoms. The van der Waals surface area contributed by atoms with Crippen LogP contribution in [0.15, 0.2) is 11.1 Å². The molecule has 3 rings (SSSR count). The third-order valence-corrected chi connectivity index (χ3v) is 8.01. The maximum absolute atomic E-state index is 15.9. The second-order valence-corrected chi connectivity index (χ2v) is 11.4. The molecule has 35 heavy (non-hydrogen) atoms. The Labute approximate surface area is 205 Å². The van der Waals surface area contributed by atoms with Gasteiger partial charge in [0.2, 0.25) is 5.67 Å². The number of hydrogen-bond acceptors (Lipinski definition) is 10. The highest BCUT2D eigenvalue weighted by Gasteiger charge is 2.58. The van der Waals surface area contributed by atoms with E-state index in [1.165, 1.54) is 25.7 Å². The van der Waals surface area contributed by atoms with Gasteiger partial charge in [0.25, 0.3) is 5.56 Å². The Morgan fingerprint density at radius 3 is 2.83 bits per heavy atom. The summed E-state index contributed by atoms with van der Waals surface area (Å²) in [5.41, 5.74) is -3.26. The molecule has 2 unspecified atom stereocenters. The molecule has 12 nitrogen and oxygen atoms in total. The first-order chi connectivity index (χ1) is 16.5. The summed E-state index contributed by atoms with van der Waals surface area (Å²) in [6, 6.07) is 0. The number of aliphatic hydroxyl groups excluding tert-OH is 1. The van der Waals surface area contributed by atoms with Crippen LogP contribution in [0.3, 0.4) is 0 Å². The molecular formula is C20H27FN5O7PS. The quantitative estimate of drug-likeness (QED) is 0.259. The second-order valence-electron chi connectivity index (χ2n) is 7.86. The number of rotatable bonds is 10. The van der Waals surface area contributed by atoms with E-state index < -0.39 is 44.0 Å². The van der Waals surface area contributed by atoms with Crippen molar-refractivity contribution in [3.63, 3.8) is 0 Å². The van der Waals surface area contributed by atoms with E-state index in [9.17, 15) is 19.3 Å². The Bertz CT molecular complexity index is 1230. The summed E-state index contributed by atoms with van der Waals surface area (Å²) >= 11 is 0.999. The fourth-order valence-electron chi connectivity index (χ4n) is 3.40. The number of terminal acetylenes is 1. The van der Waals surface area contributed by atoms with E-state index >= 15 is 4.39 Å². The molecular weight excluding hydrogens is 504 g/mol. The number of H-pyrrole nitrogens is 1. The Balaban J connectivity index is 1.83. The fourth-order valence-corrected chi connectivity index (χ4v) is 5.17. The number of aromatic amines is 1. The van der Waals surface area contributed by atoms with Crippen LogP contribution in [0.4, 0.5) is 4.39 Å². The van der Waals surface area contributed by atoms with Gasteiger partial charge in [0.15, 0.2) is 22.5 Å². The van der Waals surface area contributed by atoms with E-state index in [-0.39, 0.29) is 28.6 Å². The number of hydrogen-bond donors (Lipinski definition) is 2. The highest BCUT2D eigenvalue weighted by Crippen LogP contribution is 2.51. The zero-order valence-corrected chi connectivity index (χ0v) is 21.3. The number of thioether (sulfide) groups is 1. The number of aliphatic hydroxyl groups is 1. The summed E-state index contributed by atoms with van der Waals surface area (Å²) in [5.74, 6) is 2.54. The normalized spacial score (nSPS) is 26.2. The number of aryl methyl sites for hydroxylation is 1. The minimum absolute atomic E-state index is 0.0342. The third kappa shape index (κ3) is 5.51. The molecule has 0 saturated carbocycles. The van der Waals surface area contributed by atoms with Crippen molar-refractivity contribution in [3.8, 4) is 12.3 Å². The molecule has 5 atom stereocenters. The molecule has 2 aromatic rings. The van der Waals surface area contributed by atoms with Gasteiger partial charge in [0.05, 0.1) is 19.5 Å². The molecule has 0 bridgehead atoms. The molecule has 3 heterocycles. The molecule has 2 aromatic heterocycles. The molecule has 0 aliphatic carbocycles. The van der Waals surface area contributed by atoms with Crippen molar-refractivity contribution in [2.45, 2.75) is 44.4 Å². The van der Waals surface area contributed by atoms with Gasteiger partial charge >= 0.3 is 7.75 Å². The van der Waals surface area contributed by atoms with Crippen molar-refractivity contribution in [2.75, 3.05) is 33.1 Å². The van der Waals surface area contributed by atoms with Crippen LogP contribution in [0, 0.1) is 12.3 Å². The predicted octanol–water partition coefficient (Wildman–Crippen LogP) is 1.26. The van der Waals surface area contributed by atoms with Crippen molar-refractivity contribution in [2.24, 2.45) is 0 Å². The number of carbonyl (C=O) groups is 1. The smallest absolute Gasteiger partial charge is 0.386 e. The molecule has 0 spiro atoms. The standard InChI is InChI=1S/C20H27FN5O7PS/c1-6-14-23-17-15(18(29)24-14)22-11-26(17)19-20(21,7-2)16(28)13(33-19)10-32-34(30,25(4)5)31-8-9-35-12(3)27/h2,11,13,16,19,28H,6,8-10H2,1,3-5H3,(H,23,24,29)/t13-,16+,19-,20?,34?/m1/s1. The van der Waals surface area contributed by atoms with E-state index in [0.717, 1.165) is 22.7 Å². The number of nitrogens with one attached hydrogen (secondary N) is 1. The van der Waals surface area contributed by atoms with Crippen LogP contribution in [0.25, 0.3) is 11.2 Å². The van der Waals surface area contributed by atoms with Gasteiger partial charge < -0.3 is 14.8 Å². The average Bonchev–Trinajstić information content (AvgIpc) is 3.34. The molecule has 1 saturated heterocycles. The van der Waals surface area contributed by atoms with Gasteiger partial charge in [-0.3, -0.25) is 23.2 Å². The largest absolute Gasteiger partial charge is 0.407 e. The number of fused-ring (bicyclic) bond motifs is 1. The third-order valence-electron chi connectivity index (χ3n) is 5.27. The molecule has 0 aromatic carbocycles. The highest BCUT2D eigenvalue weighted by atomic mass is 32.2. The summed E-state index contributed by atoms with van der Waals surface area (Å²) in [5, 5.41) is 10.6. The number of carbonyl (C=O) groups excluding carboxylic acids is 1. The molecule has 2 N–H and O–H groups in total. The first-order valence-corrected chi connectivity index (χ1v) is 13.1. The number of imidazole rings is 1. The number of alkyl halides is 1. The van der Waals surface area contributed by atoms with E-state index in [0.29, 0.717) is 12.2 Å². The SMILES string of the molecule is C#CC1(F)[C@@H](O)[C@@H](COP(=O)(OCCSC(C)=O)N(C)C)O[C@H]1n1cnc2c(=O)[nH]c(CC)nc21. The van der Waals surface area contributed by atoms with Crippen LogP contribution in [0.5, 0.6) is 0 Å². The van der Waals surface area contributed by atoms with Crippen molar-refractivity contribution in [1.29, 1.82) is 0 Å². The number of halogens is 1. The lowest BCUT2D eigenvalue weighted by Crippen LogP contribution is -2.42. The van der Waals surface area contributed by atoms with Crippen molar-refractivity contribution >= 4 is 35.8 Å². The Kier molecular flexibility index (Phi) is 8.54. The molecule has 0 radical (unpaired) electrons. The van der Waals surface area contributed by atoms with Crippen LogP contribution in [0.2, 0.25) is 0 Å². The van der Waals surface area contributed by atoms with Gasteiger partial charge in [-0.15, -0.1) is 6.42 Å². The van der Waals surface area contributed by atoms with Gasteiger partial charge in [-0.05, 0) is 14.1 Å². The second kappa shape index (κ2) is 10.9. The monoisotopic (exact) mass is 531 g/mol. The zero-order valence-electron chi connectivity index (χ0n) is 19.6. The van der Waals surface area contributed by atoms with Crippen LogP contribution >= 0.6 is 19.5 Å². The summed E-state index contributed by atoms with van der Waals surface area (Å²) in [7, 11) is -0.932. The van der Waals surface area contributed by atoms with Gasteiger partial charge in [-0.1, -0.05) is 24.6 Å². The number of aromatic nitrogens is 4. The minimum atomic E-state index is -3.85. The number of nitrogens with zero attached hydrogens (tertiary/aromatic N) is 4. The van der Waals surface area contributed by atoms with Crippen LogP contribution in [-0.4, -0.2) is 85.3 Å². The summed E-state index contributed by atoms with van der Waals surface area (Å²) in [6.07, 6.45) is 2.20. The maximum Gasteiger partial charge on any atom is 0.407 e. The summed E-state index contributed by atoms with van der Waals surface area (Å²) in [6.45, 7) is 2.60. The minimum Gasteiger partial charge on any atom is -0.386 e. The first-order valence-electron chi connectivity index (χ1n) is 10.6.